The molecule has 0 fully saturated rings. The van der Waals surface area contributed by atoms with Crippen molar-refractivity contribution in [3.8, 4) is 0 Å². The fourth-order valence-electron chi connectivity index (χ4n) is 1.25. The zero-order valence-electron chi connectivity index (χ0n) is 8.41. The third kappa shape index (κ3) is 2.46. The van der Waals surface area contributed by atoms with Gasteiger partial charge in [-0.15, -0.1) is 25.3 Å². The molecule has 0 unspecified atom stereocenters. The van der Waals surface area contributed by atoms with Crippen LogP contribution in [0.3, 0.4) is 0 Å². The minimum Gasteiger partial charge on any atom is -0.256 e. The quantitative estimate of drug-likeness (QED) is 0.796. The maximum Gasteiger partial charge on any atom is 0.0774 e. The molecule has 2 nitrogen and oxygen atoms in total. The molecule has 0 atom stereocenters. The van der Waals surface area contributed by atoms with Crippen LogP contribution in [0, 0.1) is 0 Å². The lowest BCUT2D eigenvalue weighted by atomic mass is 10.2. The van der Waals surface area contributed by atoms with Gasteiger partial charge in [0.2, 0.25) is 0 Å². The molecule has 16 heavy (non-hydrogen) atoms. The summed E-state index contributed by atoms with van der Waals surface area (Å²) < 4.78 is 0. The number of aromatic nitrogens is 2. The first kappa shape index (κ1) is 11.2. The molecule has 0 spiro atoms. The Morgan fingerprint density at radius 2 is 1.19 bits per heavy atom. The summed E-state index contributed by atoms with van der Waals surface area (Å²) in [6.07, 6.45) is 3.45. The molecule has 0 saturated carbocycles. The van der Waals surface area contributed by atoms with Crippen molar-refractivity contribution in [3.63, 3.8) is 0 Å². The first-order chi connectivity index (χ1) is 7.79. The van der Waals surface area contributed by atoms with Crippen LogP contribution in [0.25, 0.3) is 9.81 Å². The van der Waals surface area contributed by atoms with E-state index in [0.717, 1.165) is 21.2 Å². The molecule has 0 aromatic carbocycles. The molecule has 0 aliphatic carbocycles. The van der Waals surface area contributed by atoms with Crippen LogP contribution in [0.15, 0.2) is 48.8 Å². The molecule has 0 aliphatic rings. The Labute approximate surface area is 105 Å². The molecular formula is C12H10N2S2. The van der Waals surface area contributed by atoms with Crippen LogP contribution >= 0.6 is 25.3 Å². The number of nitrogens with zero attached hydrogens (tertiary/aromatic N) is 2. The summed E-state index contributed by atoms with van der Waals surface area (Å²) in [6, 6.07) is 11.3. The molecular weight excluding hydrogens is 236 g/mol. The minimum atomic E-state index is 0.725. The van der Waals surface area contributed by atoms with E-state index in [2.05, 4.69) is 35.2 Å². The topological polar surface area (TPSA) is 25.8 Å². The van der Waals surface area contributed by atoms with Crippen molar-refractivity contribution >= 4 is 35.1 Å². The Kier molecular flexibility index (Phi) is 3.64. The Bertz CT molecular complexity index is 447. The van der Waals surface area contributed by atoms with Crippen molar-refractivity contribution in [1.82, 2.24) is 9.97 Å². The monoisotopic (exact) mass is 246 g/mol. The fraction of sp³-hybridized carbons (Fsp3) is 0. The highest BCUT2D eigenvalue weighted by molar-refractivity contribution is 7.96. The Morgan fingerprint density at radius 3 is 1.50 bits per heavy atom. The predicted octanol–water partition coefficient (Wildman–Crippen LogP) is 3.16. The minimum absolute atomic E-state index is 0.725. The van der Waals surface area contributed by atoms with E-state index in [1.54, 1.807) is 12.4 Å². The van der Waals surface area contributed by atoms with Gasteiger partial charge in [0.25, 0.3) is 0 Å². The third-order valence-electron chi connectivity index (χ3n) is 2.04. The lowest BCUT2D eigenvalue weighted by Crippen LogP contribution is -1.88. The largest absolute Gasteiger partial charge is 0.256 e. The summed E-state index contributed by atoms with van der Waals surface area (Å²) in [5, 5.41) is 0. The van der Waals surface area contributed by atoms with Gasteiger partial charge in [0, 0.05) is 22.2 Å². The molecule has 0 N–H and O–H groups in total. The van der Waals surface area contributed by atoms with Gasteiger partial charge in [-0.2, -0.15) is 0 Å². The Hall–Kier alpha value is -1.26. The Morgan fingerprint density at radius 1 is 0.750 bits per heavy atom. The number of pyridine rings is 2. The summed E-state index contributed by atoms with van der Waals surface area (Å²) in [5.41, 5.74) is 1.59. The molecule has 2 aromatic heterocycles. The van der Waals surface area contributed by atoms with Crippen LogP contribution in [-0.2, 0) is 0 Å². The highest BCUT2D eigenvalue weighted by Crippen LogP contribution is 2.29. The molecule has 0 aliphatic heterocycles. The first-order valence-electron chi connectivity index (χ1n) is 4.74. The van der Waals surface area contributed by atoms with Gasteiger partial charge < -0.3 is 0 Å². The van der Waals surface area contributed by atoms with Gasteiger partial charge in [-0.25, -0.2) is 0 Å². The second-order valence-electron chi connectivity index (χ2n) is 3.13. The fourth-order valence-corrected chi connectivity index (χ4v) is 1.74. The van der Waals surface area contributed by atoms with Crippen molar-refractivity contribution < 1.29 is 0 Å². The molecule has 0 radical (unpaired) electrons. The van der Waals surface area contributed by atoms with Crippen LogP contribution in [-0.4, -0.2) is 9.97 Å². The van der Waals surface area contributed by atoms with Gasteiger partial charge in [-0.05, 0) is 24.3 Å². The van der Waals surface area contributed by atoms with Crippen molar-refractivity contribution in [2.75, 3.05) is 0 Å². The number of thiol groups is 2. The number of rotatable bonds is 2. The van der Waals surface area contributed by atoms with Crippen molar-refractivity contribution in [1.29, 1.82) is 0 Å². The standard InChI is InChI=1S/C12H10N2S2/c15-11(9-5-1-3-7-13-9)12(16)10-6-2-4-8-14-10/h1-8,15-16H/b12-11+. The maximum atomic E-state index is 4.43. The first-order valence-corrected chi connectivity index (χ1v) is 5.63. The van der Waals surface area contributed by atoms with Gasteiger partial charge in [-0.1, -0.05) is 12.1 Å². The third-order valence-corrected chi connectivity index (χ3v) is 3.12. The van der Waals surface area contributed by atoms with Crippen molar-refractivity contribution in [3.05, 3.63) is 60.2 Å². The normalized spacial score (nSPS) is 12.1. The molecule has 0 amide bonds. The summed E-state index contributed by atoms with van der Waals surface area (Å²) in [7, 11) is 0. The Balaban J connectivity index is 2.43. The highest BCUT2D eigenvalue weighted by atomic mass is 32.1. The van der Waals surface area contributed by atoms with Gasteiger partial charge in [0.15, 0.2) is 0 Å². The van der Waals surface area contributed by atoms with E-state index in [0.29, 0.717) is 0 Å². The summed E-state index contributed by atoms with van der Waals surface area (Å²) in [5.74, 6) is 0. The zero-order valence-corrected chi connectivity index (χ0v) is 10.2. The van der Waals surface area contributed by atoms with E-state index in [4.69, 9.17) is 0 Å². The average Bonchev–Trinajstić information content (AvgIpc) is 2.39. The van der Waals surface area contributed by atoms with Gasteiger partial charge in [-0.3, -0.25) is 9.97 Å². The summed E-state index contributed by atoms with van der Waals surface area (Å²) in [6.45, 7) is 0. The molecule has 80 valence electrons. The summed E-state index contributed by atoms with van der Waals surface area (Å²) >= 11 is 8.85. The van der Waals surface area contributed by atoms with E-state index < -0.39 is 0 Å². The van der Waals surface area contributed by atoms with Gasteiger partial charge in [0.05, 0.1) is 11.4 Å². The average molecular weight is 246 g/mol. The van der Waals surface area contributed by atoms with Crippen LogP contribution in [0.2, 0.25) is 0 Å². The summed E-state index contributed by atoms with van der Waals surface area (Å²) in [4.78, 5) is 9.88. The highest BCUT2D eigenvalue weighted by Gasteiger charge is 2.06. The molecule has 2 rings (SSSR count). The van der Waals surface area contributed by atoms with Crippen molar-refractivity contribution in [2.45, 2.75) is 0 Å². The number of hydrogen-bond acceptors (Lipinski definition) is 4. The predicted molar refractivity (Wildman–Crippen MR) is 73.3 cm³/mol. The lowest BCUT2D eigenvalue weighted by Gasteiger charge is -2.04. The smallest absolute Gasteiger partial charge is 0.0774 e. The van der Waals surface area contributed by atoms with Crippen molar-refractivity contribution in [2.24, 2.45) is 0 Å². The van der Waals surface area contributed by atoms with Crippen LogP contribution in [0.5, 0.6) is 0 Å². The molecule has 4 heteroatoms. The molecule has 2 aromatic rings. The second kappa shape index (κ2) is 5.18. The number of hydrogen-bond donors (Lipinski definition) is 2. The van der Waals surface area contributed by atoms with E-state index in [1.165, 1.54) is 0 Å². The van der Waals surface area contributed by atoms with Crippen LogP contribution in [0.1, 0.15) is 11.4 Å². The molecule has 0 bridgehead atoms. The second-order valence-corrected chi connectivity index (χ2v) is 4.02. The maximum absolute atomic E-state index is 4.43. The van der Waals surface area contributed by atoms with Crippen LogP contribution < -0.4 is 0 Å². The molecule has 2 heterocycles. The van der Waals surface area contributed by atoms with E-state index in [-0.39, 0.29) is 0 Å². The SMILES string of the molecule is S/C(=C(/S)c1ccccn1)c1ccccn1. The van der Waals surface area contributed by atoms with Gasteiger partial charge in [0.1, 0.15) is 0 Å². The van der Waals surface area contributed by atoms with E-state index >= 15 is 0 Å². The van der Waals surface area contributed by atoms with E-state index in [1.807, 2.05) is 36.4 Å². The molecule has 0 saturated heterocycles. The van der Waals surface area contributed by atoms with Crippen LogP contribution in [0.4, 0.5) is 0 Å². The van der Waals surface area contributed by atoms with Gasteiger partial charge >= 0.3 is 0 Å². The van der Waals surface area contributed by atoms with E-state index in [9.17, 15) is 0 Å². The lowest BCUT2D eigenvalue weighted by molar-refractivity contribution is 1.28. The zero-order chi connectivity index (χ0) is 11.4.